The lowest BCUT2D eigenvalue weighted by molar-refractivity contribution is -0.143. The quantitative estimate of drug-likeness (QED) is 0.409. The molecular weight excluding hydrogens is 515 g/mol. The van der Waals surface area contributed by atoms with E-state index in [4.69, 9.17) is 0 Å². The lowest BCUT2D eigenvalue weighted by Gasteiger charge is -2.43. The Balaban J connectivity index is 1.30. The molecule has 5 nitrogen and oxygen atoms in total. The van der Waals surface area contributed by atoms with Gasteiger partial charge in [-0.1, -0.05) is 78.9 Å². The van der Waals surface area contributed by atoms with Crippen LogP contribution in [0.3, 0.4) is 0 Å². The van der Waals surface area contributed by atoms with Crippen molar-refractivity contribution < 1.29 is 22.8 Å². The van der Waals surface area contributed by atoms with E-state index in [0.717, 1.165) is 36.5 Å². The van der Waals surface area contributed by atoms with Gasteiger partial charge in [0, 0.05) is 19.6 Å². The highest BCUT2D eigenvalue weighted by atomic mass is 19.4. The van der Waals surface area contributed by atoms with Crippen LogP contribution in [0.5, 0.6) is 0 Å². The summed E-state index contributed by atoms with van der Waals surface area (Å²) in [7, 11) is 0. The van der Waals surface area contributed by atoms with Gasteiger partial charge in [0.15, 0.2) is 0 Å². The number of rotatable bonds is 7. The summed E-state index contributed by atoms with van der Waals surface area (Å²) in [6, 6.07) is 24.8. The van der Waals surface area contributed by atoms with Gasteiger partial charge in [-0.3, -0.25) is 14.5 Å². The van der Waals surface area contributed by atoms with Gasteiger partial charge < -0.3 is 10.2 Å². The normalized spacial score (nSPS) is 19.8. The highest BCUT2D eigenvalue weighted by Crippen LogP contribution is 2.41. The fourth-order valence-corrected chi connectivity index (χ4v) is 6.14. The van der Waals surface area contributed by atoms with Crippen LogP contribution < -0.4 is 5.32 Å². The second kappa shape index (κ2) is 11.8. The Labute approximate surface area is 233 Å². The monoisotopic (exact) mass is 549 g/mol. The van der Waals surface area contributed by atoms with Crippen molar-refractivity contribution in [2.24, 2.45) is 0 Å². The second-order valence-corrected chi connectivity index (χ2v) is 10.7. The summed E-state index contributed by atoms with van der Waals surface area (Å²) in [5.41, 5.74) is 0.845. The molecule has 2 saturated heterocycles. The summed E-state index contributed by atoms with van der Waals surface area (Å²) in [5.74, 6) is -0.345. The first-order chi connectivity index (χ1) is 19.3. The minimum atomic E-state index is -4.40. The molecule has 2 heterocycles. The third-order valence-electron chi connectivity index (χ3n) is 8.08. The third-order valence-corrected chi connectivity index (χ3v) is 8.08. The highest BCUT2D eigenvalue weighted by Gasteiger charge is 2.47. The average Bonchev–Trinajstić information content (AvgIpc) is 2.96. The smallest absolute Gasteiger partial charge is 0.339 e. The molecule has 2 aliphatic heterocycles. The van der Waals surface area contributed by atoms with Crippen LogP contribution in [0.15, 0.2) is 84.9 Å². The molecule has 0 spiro atoms. The van der Waals surface area contributed by atoms with Crippen molar-refractivity contribution >= 4 is 11.8 Å². The molecule has 0 bridgehead atoms. The van der Waals surface area contributed by atoms with E-state index in [1.807, 2.05) is 65.6 Å². The Hall–Kier alpha value is -3.65. The molecule has 3 aromatic carbocycles. The third kappa shape index (κ3) is 5.92. The molecule has 0 radical (unpaired) electrons. The fourth-order valence-electron chi connectivity index (χ4n) is 6.14. The van der Waals surface area contributed by atoms with Crippen molar-refractivity contribution in [1.82, 2.24) is 15.1 Å². The van der Waals surface area contributed by atoms with E-state index < -0.39 is 17.2 Å². The van der Waals surface area contributed by atoms with Crippen LogP contribution in [0, 0.1) is 0 Å². The van der Waals surface area contributed by atoms with Gasteiger partial charge in [-0.15, -0.1) is 0 Å². The largest absolute Gasteiger partial charge is 0.416 e. The fraction of sp³-hybridized carbons (Fsp3) is 0.375. The number of amides is 2. The highest BCUT2D eigenvalue weighted by molar-refractivity contribution is 5.95. The van der Waals surface area contributed by atoms with Crippen molar-refractivity contribution in [2.45, 2.75) is 56.4 Å². The molecule has 8 heteroatoms. The van der Waals surface area contributed by atoms with E-state index in [2.05, 4.69) is 5.32 Å². The van der Waals surface area contributed by atoms with Gasteiger partial charge in [-0.05, 0) is 54.9 Å². The minimum absolute atomic E-state index is 0.0614. The molecule has 2 aliphatic rings. The number of benzene rings is 3. The van der Waals surface area contributed by atoms with Crippen molar-refractivity contribution in [3.63, 3.8) is 0 Å². The number of alkyl halides is 3. The number of hydrogen-bond acceptors (Lipinski definition) is 3. The molecule has 5 rings (SSSR count). The zero-order chi connectivity index (χ0) is 28.2. The summed E-state index contributed by atoms with van der Waals surface area (Å²) < 4.78 is 39.7. The van der Waals surface area contributed by atoms with Gasteiger partial charge >= 0.3 is 6.18 Å². The molecule has 0 aliphatic carbocycles. The van der Waals surface area contributed by atoms with Crippen LogP contribution in [0.4, 0.5) is 13.2 Å². The summed E-state index contributed by atoms with van der Waals surface area (Å²) in [6.07, 6.45) is -0.759. The van der Waals surface area contributed by atoms with Crippen LogP contribution in [0.25, 0.3) is 0 Å². The molecule has 210 valence electrons. The first kappa shape index (κ1) is 27.9. The molecule has 0 saturated carbocycles. The van der Waals surface area contributed by atoms with E-state index in [1.54, 1.807) is 11.0 Å². The SMILES string of the molecule is O=C(CN1CCCC(c2ccccc2)(c2ccccc2)C1=O)NC1CCCCN1Cc1cccc(C(F)(F)F)c1. The zero-order valence-electron chi connectivity index (χ0n) is 22.4. The van der Waals surface area contributed by atoms with Crippen molar-refractivity contribution in [1.29, 1.82) is 0 Å². The topological polar surface area (TPSA) is 52.7 Å². The Morgan fingerprint density at radius 1 is 0.875 bits per heavy atom. The summed E-state index contributed by atoms with van der Waals surface area (Å²) in [5, 5.41) is 3.08. The lowest BCUT2D eigenvalue weighted by atomic mass is 9.68. The number of carbonyl (C=O) groups is 2. The van der Waals surface area contributed by atoms with Crippen molar-refractivity contribution in [3.8, 4) is 0 Å². The second-order valence-electron chi connectivity index (χ2n) is 10.7. The van der Waals surface area contributed by atoms with Gasteiger partial charge in [0.05, 0.1) is 23.7 Å². The maximum atomic E-state index is 14.1. The van der Waals surface area contributed by atoms with E-state index in [0.29, 0.717) is 38.0 Å². The van der Waals surface area contributed by atoms with E-state index in [1.165, 1.54) is 12.1 Å². The Morgan fingerprint density at radius 2 is 1.55 bits per heavy atom. The first-order valence-electron chi connectivity index (χ1n) is 13.9. The van der Waals surface area contributed by atoms with E-state index in [-0.39, 0.29) is 24.5 Å². The van der Waals surface area contributed by atoms with Crippen LogP contribution in [-0.4, -0.2) is 47.4 Å². The minimum Gasteiger partial charge on any atom is -0.339 e. The maximum Gasteiger partial charge on any atom is 0.416 e. The number of nitrogens with one attached hydrogen (secondary N) is 1. The van der Waals surface area contributed by atoms with Crippen LogP contribution in [0.2, 0.25) is 0 Å². The molecular formula is C32H34F3N3O2. The molecule has 2 fully saturated rings. The van der Waals surface area contributed by atoms with Crippen LogP contribution in [0.1, 0.15) is 54.4 Å². The Morgan fingerprint density at radius 3 is 2.20 bits per heavy atom. The average molecular weight is 550 g/mol. The number of likely N-dealkylation sites (tertiary alicyclic amines) is 2. The van der Waals surface area contributed by atoms with E-state index >= 15 is 0 Å². The molecule has 40 heavy (non-hydrogen) atoms. The van der Waals surface area contributed by atoms with Gasteiger partial charge in [-0.2, -0.15) is 13.2 Å². The molecule has 3 aromatic rings. The predicted octanol–water partition coefficient (Wildman–Crippen LogP) is 5.74. The number of carbonyl (C=O) groups excluding carboxylic acids is 2. The maximum absolute atomic E-state index is 14.1. The molecule has 1 unspecified atom stereocenters. The van der Waals surface area contributed by atoms with Gasteiger partial charge in [-0.25, -0.2) is 0 Å². The number of piperidine rings is 2. The predicted molar refractivity (Wildman–Crippen MR) is 147 cm³/mol. The van der Waals surface area contributed by atoms with Crippen LogP contribution in [-0.2, 0) is 27.7 Å². The number of hydrogen-bond donors (Lipinski definition) is 1. The van der Waals surface area contributed by atoms with Gasteiger partial charge in [0.2, 0.25) is 11.8 Å². The van der Waals surface area contributed by atoms with Gasteiger partial charge in [0.1, 0.15) is 0 Å². The number of halogens is 3. The summed E-state index contributed by atoms with van der Waals surface area (Å²) in [6.45, 7) is 1.41. The molecule has 1 N–H and O–H groups in total. The first-order valence-corrected chi connectivity index (χ1v) is 13.9. The van der Waals surface area contributed by atoms with Crippen molar-refractivity contribution in [2.75, 3.05) is 19.6 Å². The lowest BCUT2D eigenvalue weighted by Crippen LogP contribution is -2.57. The Kier molecular flexibility index (Phi) is 8.26. The van der Waals surface area contributed by atoms with E-state index in [9.17, 15) is 22.8 Å². The van der Waals surface area contributed by atoms with Crippen LogP contribution >= 0.6 is 0 Å². The van der Waals surface area contributed by atoms with Crippen molar-refractivity contribution in [3.05, 3.63) is 107 Å². The molecule has 2 amide bonds. The standard InChI is InChI=1S/C32H34F3N3O2/c33-32(34,35)27-16-9-11-24(21-27)22-37-19-8-7-17-28(37)36-29(39)23-38-20-10-18-31(30(38)40,25-12-3-1-4-13-25)26-14-5-2-6-15-26/h1-6,9,11-16,21,28H,7-8,10,17-20,22-23H2,(H,36,39). The summed E-state index contributed by atoms with van der Waals surface area (Å²) >= 11 is 0. The molecule has 0 aromatic heterocycles. The van der Waals surface area contributed by atoms with Gasteiger partial charge in [0.25, 0.3) is 0 Å². The Bertz CT molecular complexity index is 1270. The zero-order valence-corrected chi connectivity index (χ0v) is 22.4. The molecule has 1 atom stereocenters. The number of nitrogens with zero attached hydrogens (tertiary/aromatic N) is 2. The summed E-state index contributed by atoms with van der Waals surface area (Å²) in [4.78, 5) is 31.1.